The highest BCUT2D eigenvalue weighted by atomic mass is 16.4. The van der Waals surface area contributed by atoms with Gasteiger partial charge in [-0.25, -0.2) is 0 Å². The van der Waals surface area contributed by atoms with Crippen molar-refractivity contribution >= 4 is 11.5 Å². The molecule has 0 aliphatic heterocycles. The van der Waals surface area contributed by atoms with E-state index in [1.165, 1.54) is 23.1 Å². The summed E-state index contributed by atoms with van der Waals surface area (Å²) in [5, 5.41) is 12.7. The summed E-state index contributed by atoms with van der Waals surface area (Å²) >= 11 is 0. The first-order valence-corrected chi connectivity index (χ1v) is 9.26. The van der Waals surface area contributed by atoms with Crippen LogP contribution >= 0.6 is 0 Å². The van der Waals surface area contributed by atoms with E-state index in [9.17, 15) is 10.0 Å². The number of rotatable bonds is 1. The Morgan fingerprint density at radius 3 is 2.75 bits per heavy atom. The number of carbonyl (C=O) groups is 1. The number of allylic oxidation sites excluding steroid dienone is 6. The Kier molecular flexibility index (Phi) is 3.42. The summed E-state index contributed by atoms with van der Waals surface area (Å²) in [6, 6.07) is 0. The molecule has 0 unspecified atom stereocenters. The van der Waals surface area contributed by atoms with E-state index in [1.807, 2.05) is 13.0 Å². The van der Waals surface area contributed by atoms with Crippen molar-refractivity contribution in [2.24, 2.45) is 27.8 Å². The highest BCUT2D eigenvalue weighted by molar-refractivity contribution is 6.00. The smallest absolute Gasteiger partial charge is 0.155 e. The molecule has 0 aromatic rings. The Hall–Kier alpha value is -1.64. The van der Waals surface area contributed by atoms with E-state index >= 15 is 0 Å². The average Bonchev–Trinajstić information content (AvgIpc) is 2.92. The molecular formula is C21H27NO2. The molecule has 0 radical (unpaired) electrons. The number of carbonyl (C=O) groups excluding carboxylic acids is 1. The van der Waals surface area contributed by atoms with Crippen molar-refractivity contribution in [3.8, 4) is 0 Å². The van der Waals surface area contributed by atoms with E-state index < -0.39 is 0 Å². The largest absolute Gasteiger partial charge is 0.411 e. The van der Waals surface area contributed by atoms with Crippen LogP contribution in [0.25, 0.3) is 0 Å². The summed E-state index contributed by atoms with van der Waals surface area (Å²) in [6.07, 6.45) is 12.7. The molecule has 4 rings (SSSR count). The van der Waals surface area contributed by atoms with Gasteiger partial charge in [0.25, 0.3) is 0 Å². The topological polar surface area (TPSA) is 49.7 Å². The molecule has 0 amide bonds. The highest BCUT2D eigenvalue weighted by Crippen LogP contribution is 2.63. The van der Waals surface area contributed by atoms with Crippen molar-refractivity contribution in [1.82, 2.24) is 0 Å². The molecule has 4 aliphatic rings. The predicted octanol–water partition coefficient (Wildman–Crippen LogP) is 4.82. The summed E-state index contributed by atoms with van der Waals surface area (Å²) in [4.78, 5) is 11.9. The summed E-state index contributed by atoms with van der Waals surface area (Å²) in [6.45, 7) is 6.62. The number of fused-ring (bicyclic) bond motifs is 5. The second kappa shape index (κ2) is 5.18. The predicted molar refractivity (Wildman–Crippen MR) is 95.0 cm³/mol. The van der Waals surface area contributed by atoms with E-state index in [1.54, 1.807) is 0 Å². The molecule has 0 bridgehead atoms. The zero-order chi connectivity index (χ0) is 17.1. The number of oxime groups is 1. The molecule has 0 spiro atoms. The second-order valence-electron chi connectivity index (χ2n) is 8.56. The van der Waals surface area contributed by atoms with Crippen LogP contribution in [0, 0.1) is 22.7 Å². The van der Waals surface area contributed by atoms with Gasteiger partial charge in [-0.1, -0.05) is 42.3 Å². The Bertz CT molecular complexity index is 726. The minimum atomic E-state index is 0.0273. The van der Waals surface area contributed by atoms with Crippen molar-refractivity contribution in [3.05, 3.63) is 34.9 Å². The van der Waals surface area contributed by atoms with Gasteiger partial charge in [0.05, 0.1) is 5.71 Å². The van der Waals surface area contributed by atoms with Gasteiger partial charge in [0.15, 0.2) is 5.78 Å². The maximum atomic E-state index is 11.9. The van der Waals surface area contributed by atoms with Crippen LogP contribution in [-0.4, -0.2) is 16.7 Å². The lowest BCUT2D eigenvalue weighted by Crippen LogP contribution is -2.47. The molecule has 0 saturated heterocycles. The molecule has 1 N–H and O–H groups in total. The van der Waals surface area contributed by atoms with Crippen LogP contribution in [-0.2, 0) is 4.79 Å². The van der Waals surface area contributed by atoms with Crippen molar-refractivity contribution in [1.29, 1.82) is 0 Å². The molecule has 2 saturated carbocycles. The van der Waals surface area contributed by atoms with Crippen LogP contribution in [0.4, 0.5) is 0 Å². The number of hydrogen-bond donors (Lipinski definition) is 1. The SMILES string of the molecule is CC(=NO)C1=CC=C2[C@@H]3CCC4=CC(=O)CC[C@]4(C)[C@H]3CC[C@]12C. The minimum absolute atomic E-state index is 0.0273. The van der Waals surface area contributed by atoms with E-state index in [4.69, 9.17) is 0 Å². The molecule has 0 aromatic carbocycles. The minimum Gasteiger partial charge on any atom is -0.411 e. The van der Waals surface area contributed by atoms with E-state index in [0.29, 0.717) is 24.0 Å². The van der Waals surface area contributed by atoms with Gasteiger partial charge in [-0.15, -0.1) is 0 Å². The lowest BCUT2D eigenvalue weighted by molar-refractivity contribution is -0.116. The normalized spacial score (nSPS) is 41.7. The van der Waals surface area contributed by atoms with Crippen LogP contribution < -0.4 is 0 Å². The number of hydrogen-bond acceptors (Lipinski definition) is 3. The molecule has 3 nitrogen and oxygen atoms in total. The molecule has 3 heteroatoms. The summed E-state index contributed by atoms with van der Waals surface area (Å²) < 4.78 is 0. The lowest BCUT2D eigenvalue weighted by Gasteiger charge is -2.56. The van der Waals surface area contributed by atoms with Gasteiger partial charge in [-0.3, -0.25) is 4.79 Å². The summed E-state index contributed by atoms with van der Waals surface area (Å²) in [5.74, 6) is 1.56. The molecule has 4 atom stereocenters. The van der Waals surface area contributed by atoms with Crippen LogP contribution in [0.15, 0.2) is 40.1 Å². The van der Waals surface area contributed by atoms with Gasteiger partial charge in [-0.05, 0) is 67.9 Å². The Balaban J connectivity index is 1.69. The molecular weight excluding hydrogens is 298 g/mol. The fraction of sp³-hybridized carbons (Fsp3) is 0.619. The van der Waals surface area contributed by atoms with E-state index in [2.05, 4.69) is 31.2 Å². The first-order valence-electron chi connectivity index (χ1n) is 9.26. The van der Waals surface area contributed by atoms with Gasteiger partial charge in [0.2, 0.25) is 0 Å². The third-order valence-electron chi connectivity index (χ3n) is 7.54. The lowest BCUT2D eigenvalue weighted by atomic mass is 9.48. The fourth-order valence-electron chi connectivity index (χ4n) is 6.13. The zero-order valence-electron chi connectivity index (χ0n) is 14.9. The number of ketones is 1. The molecule has 0 aromatic heterocycles. The van der Waals surface area contributed by atoms with Gasteiger partial charge in [0, 0.05) is 11.8 Å². The Labute approximate surface area is 144 Å². The van der Waals surface area contributed by atoms with Crippen molar-refractivity contribution in [2.75, 3.05) is 0 Å². The second-order valence-corrected chi connectivity index (χ2v) is 8.56. The van der Waals surface area contributed by atoms with Crippen LogP contribution in [0.5, 0.6) is 0 Å². The quantitative estimate of drug-likeness (QED) is 0.427. The Morgan fingerprint density at radius 1 is 1.21 bits per heavy atom. The average molecular weight is 325 g/mol. The fourth-order valence-corrected chi connectivity index (χ4v) is 6.13. The third kappa shape index (κ3) is 1.96. The first-order chi connectivity index (χ1) is 11.4. The van der Waals surface area contributed by atoms with Crippen molar-refractivity contribution in [3.63, 3.8) is 0 Å². The third-order valence-corrected chi connectivity index (χ3v) is 7.54. The number of nitrogens with zero attached hydrogens (tertiary/aromatic N) is 1. The molecule has 4 aliphatic carbocycles. The maximum Gasteiger partial charge on any atom is 0.155 e. The standard InChI is InChI=1S/C21H27NO2/c1-13(22-24)17-6-7-18-16-5-4-14-12-15(23)8-10-20(14,2)19(16)9-11-21(17,18)3/h6-7,12,16,19,24H,4-5,8-11H2,1-3H3/t16-,19-,20-,21+/m0/s1. The molecule has 128 valence electrons. The van der Waals surface area contributed by atoms with Gasteiger partial charge < -0.3 is 5.21 Å². The summed E-state index contributed by atoms with van der Waals surface area (Å²) in [7, 11) is 0. The van der Waals surface area contributed by atoms with E-state index in [-0.39, 0.29) is 10.8 Å². The van der Waals surface area contributed by atoms with Crippen LogP contribution in [0.2, 0.25) is 0 Å². The monoisotopic (exact) mass is 325 g/mol. The van der Waals surface area contributed by atoms with Crippen LogP contribution in [0.3, 0.4) is 0 Å². The molecule has 2 fully saturated rings. The van der Waals surface area contributed by atoms with Crippen molar-refractivity contribution < 1.29 is 10.0 Å². The van der Waals surface area contributed by atoms with E-state index in [0.717, 1.165) is 31.4 Å². The van der Waals surface area contributed by atoms with Crippen molar-refractivity contribution in [2.45, 2.75) is 59.3 Å². The van der Waals surface area contributed by atoms with Gasteiger partial charge in [-0.2, -0.15) is 0 Å². The van der Waals surface area contributed by atoms with Gasteiger partial charge in [0.1, 0.15) is 0 Å². The summed E-state index contributed by atoms with van der Waals surface area (Å²) in [5.41, 5.74) is 5.09. The molecule has 0 heterocycles. The first kappa shape index (κ1) is 15.9. The van der Waals surface area contributed by atoms with Crippen LogP contribution in [0.1, 0.15) is 59.3 Å². The van der Waals surface area contributed by atoms with Gasteiger partial charge >= 0.3 is 0 Å². The maximum absolute atomic E-state index is 11.9. The highest BCUT2D eigenvalue weighted by Gasteiger charge is 2.54. The molecule has 24 heavy (non-hydrogen) atoms. The Morgan fingerprint density at radius 2 is 2.00 bits per heavy atom. The zero-order valence-corrected chi connectivity index (χ0v) is 14.9.